The van der Waals surface area contributed by atoms with Gasteiger partial charge in [0.2, 0.25) is 0 Å². The molecule has 0 atom stereocenters. The highest BCUT2D eigenvalue weighted by Gasteiger charge is 2.14. The highest BCUT2D eigenvalue weighted by molar-refractivity contribution is 7.94. The first-order chi connectivity index (χ1) is 11.4. The largest absolute Gasteiger partial charge is 0.354 e. The molecule has 0 unspecified atom stereocenters. The number of anilines is 3. The van der Waals surface area contributed by atoms with E-state index < -0.39 is 10.0 Å². The molecular formula is C16H12Cl2N2O2S2. The fourth-order valence-electron chi connectivity index (χ4n) is 1.99. The summed E-state index contributed by atoms with van der Waals surface area (Å²) < 4.78 is 27.2. The van der Waals surface area contributed by atoms with Crippen LogP contribution in [0.3, 0.4) is 0 Å². The molecule has 0 saturated carbocycles. The van der Waals surface area contributed by atoms with Crippen molar-refractivity contribution in [3.63, 3.8) is 0 Å². The van der Waals surface area contributed by atoms with E-state index in [1.807, 2.05) is 0 Å². The second-order valence-corrected chi connectivity index (χ2v) is 8.56. The molecule has 3 aromatic rings. The van der Waals surface area contributed by atoms with Crippen LogP contribution in [0.4, 0.5) is 17.1 Å². The third-order valence-corrected chi connectivity index (χ3v) is 6.45. The van der Waals surface area contributed by atoms with E-state index in [0.717, 1.165) is 5.69 Å². The quantitative estimate of drug-likeness (QED) is 0.587. The van der Waals surface area contributed by atoms with Crippen LogP contribution in [-0.4, -0.2) is 8.42 Å². The Morgan fingerprint density at radius 2 is 1.62 bits per heavy atom. The predicted molar refractivity (Wildman–Crippen MR) is 101 cm³/mol. The molecule has 4 nitrogen and oxygen atoms in total. The molecule has 3 rings (SSSR count). The van der Waals surface area contributed by atoms with Gasteiger partial charge >= 0.3 is 0 Å². The molecule has 0 radical (unpaired) electrons. The summed E-state index contributed by atoms with van der Waals surface area (Å²) in [6.45, 7) is 0. The van der Waals surface area contributed by atoms with Crippen molar-refractivity contribution in [1.82, 2.24) is 0 Å². The summed E-state index contributed by atoms with van der Waals surface area (Å²) in [4.78, 5) is 0. The van der Waals surface area contributed by atoms with Crippen molar-refractivity contribution >= 4 is 61.6 Å². The van der Waals surface area contributed by atoms with E-state index in [-0.39, 0.29) is 4.21 Å². The second-order valence-electron chi connectivity index (χ2n) is 4.86. The van der Waals surface area contributed by atoms with E-state index >= 15 is 0 Å². The first-order valence-electron chi connectivity index (χ1n) is 6.82. The predicted octanol–water partition coefficient (Wildman–Crippen LogP) is 5.60. The van der Waals surface area contributed by atoms with Crippen molar-refractivity contribution in [2.45, 2.75) is 4.21 Å². The Kier molecular flexibility index (Phi) is 5.01. The average Bonchev–Trinajstić information content (AvgIpc) is 3.08. The lowest BCUT2D eigenvalue weighted by Crippen LogP contribution is -2.11. The van der Waals surface area contributed by atoms with Gasteiger partial charge in [0.15, 0.2) is 0 Å². The molecule has 1 aromatic heterocycles. The van der Waals surface area contributed by atoms with E-state index in [4.69, 9.17) is 23.2 Å². The molecule has 0 aliphatic carbocycles. The van der Waals surface area contributed by atoms with E-state index in [0.29, 0.717) is 21.4 Å². The van der Waals surface area contributed by atoms with Crippen LogP contribution in [0, 0.1) is 0 Å². The van der Waals surface area contributed by atoms with E-state index in [1.54, 1.807) is 60.0 Å². The summed E-state index contributed by atoms with van der Waals surface area (Å²) >= 11 is 13.2. The minimum Gasteiger partial charge on any atom is -0.354 e. The van der Waals surface area contributed by atoms with E-state index in [2.05, 4.69) is 10.0 Å². The lowest BCUT2D eigenvalue weighted by Gasteiger charge is -2.10. The lowest BCUT2D eigenvalue weighted by atomic mass is 10.2. The van der Waals surface area contributed by atoms with Crippen LogP contribution in [0.1, 0.15) is 0 Å². The van der Waals surface area contributed by atoms with Gasteiger partial charge in [-0.25, -0.2) is 8.42 Å². The average molecular weight is 399 g/mol. The molecule has 0 amide bonds. The molecular weight excluding hydrogens is 387 g/mol. The SMILES string of the molecule is O=S(=O)(Nc1ccc(Nc2cc(Cl)ccc2Cl)cc1)c1cccs1. The molecule has 0 bridgehead atoms. The third-order valence-electron chi connectivity index (χ3n) is 3.10. The van der Waals surface area contributed by atoms with Gasteiger partial charge in [-0.2, -0.15) is 0 Å². The van der Waals surface area contributed by atoms with Crippen LogP contribution in [0.2, 0.25) is 10.0 Å². The maximum atomic E-state index is 12.2. The molecule has 124 valence electrons. The number of hydrogen-bond acceptors (Lipinski definition) is 4. The van der Waals surface area contributed by atoms with Gasteiger partial charge < -0.3 is 5.32 Å². The fraction of sp³-hybridized carbons (Fsp3) is 0. The Bertz CT molecular complexity index is 941. The fourth-order valence-corrected chi connectivity index (χ4v) is 4.38. The Balaban J connectivity index is 1.75. The molecule has 8 heteroatoms. The van der Waals surface area contributed by atoms with Crippen molar-refractivity contribution < 1.29 is 8.42 Å². The summed E-state index contributed by atoms with van der Waals surface area (Å²) in [5.74, 6) is 0. The zero-order valence-corrected chi connectivity index (χ0v) is 15.3. The van der Waals surface area contributed by atoms with Crippen molar-refractivity contribution in [1.29, 1.82) is 0 Å². The number of sulfonamides is 1. The Morgan fingerprint density at radius 3 is 2.29 bits per heavy atom. The summed E-state index contributed by atoms with van der Waals surface area (Å²) in [6, 6.07) is 15.2. The first-order valence-corrected chi connectivity index (χ1v) is 9.94. The van der Waals surface area contributed by atoms with Gasteiger partial charge in [0.1, 0.15) is 4.21 Å². The van der Waals surface area contributed by atoms with Gasteiger partial charge in [-0.15, -0.1) is 11.3 Å². The van der Waals surface area contributed by atoms with Crippen LogP contribution in [-0.2, 0) is 10.0 Å². The number of benzene rings is 2. The summed E-state index contributed by atoms with van der Waals surface area (Å²) in [6.07, 6.45) is 0. The topological polar surface area (TPSA) is 58.2 Å². The Labute approximate surface area is 154 Å². The van der Waals surface area contributed by atoms with Gasteiger partial charge in [-0.1, -0.05) is 29.3 Å². The van der Waals surface area contributed by atoms with Crippen molar-refractivity contribution in [2.24, 2.45) is 0 Å². The number of thiophene rings is 1. The summed E-state index contributed by atoms with van der Waals surface area (Å²) in [5.41, 5.74) is 1.92. The molecule has 0 saturated heterocycles. The number of halogens is 2. The van der Waals surface area contributed by atoms with Gasteiger partial charge in [0.05, 0.1) is 10.7 Å². The molecule has 24 heavy (non-hydrogen) atoms. The van der Waals surface area contributed by atoms with E-state index in [1.165, 1.54) is 11.3 Å². The monoisotopic (exact) mass is 398 g/mol. The second kappa shape index (κ2) is 7.03. The zero-order valence-electron chi connectivity index (χ0n) is 12.2. The van der Waals surface area contributed by atoms with Crippen molar-refractivity contribution in [3.05, 3.63) is 70.0 Å². The molecule has 0 spiro atoms. The molecule has 2 N–H and O–H groups in total. The molecule has 0 fully saturated rings. The highest BCUT2D eigenvalue weighted by atomic mass is 35.5. The van der Waals surface area contributed by atoms with Crippen LogP contribution < -0.4 is 10.0 Å². The minimum absolute atomic E-state index is 0.274. The zero-order chi connectivity index (χ0) is 17.2. The van der Waals surface area contributed by atoms with Crippen LogP contribution in [0.15, 0.2) is 64.2 Å². The Hall–Kier alpha value is -1.73. The van der Waals surface area contributed by atoms with Crippen LogP contribution >= 0.6 is 34.5 Å². The summed E-state index contributed by atoms with van der Waals surface area (Å²) in [5, 5.41) is 5.97. The smallest absolute Gasteiger partial charge is 0.271 e. The molecule has 0 aliphatic rings. The lowest BCUT2D eigenvalue weighted by molar-refractivity contribution is 0.603. The normalized spacial score (nSPS) is 11.2. The molecule has 2 aromatic carbocycles. The number of hydrogen-bond donors (Lipinski definition) is 2. The number of rotatable bonds is 5. The van der Waals surface area contributed by atoms with E-state index in [9.17, 15) is 8.42 Å². The van der Waals surface area contributed by atoms with Gasteiger partial charge in [-0.3, -0.25) is 4.72 Å². The number of nitrogens with one attached hydrogen (secondary N) is 2. The first kappa shape index (κ1) is 17.1. The van der Waals surface area contributed by atoms with Crippen molar-refractivity contribution in [3.8, 4) is 0 Å². The maximum Gasteiger partial charge on any atom is 0.271 e. The standard InChI is InChI=1S/C16H12Cl2N2O2S2/c17-11-3-8-14(18)15(10-11)19-12-4-6-13(7-5-12)20-24(21,22)16-2-1-9-23-16/h1-10,19-20H. The summed E-state index contributed by atoms with van der Waals surface area (Å²) in [7, 11) is -3.54. The van der Waals surface area contributed by atoms with Gasteiger partial charge in [0, 0.05) is 16.4 Å². The Morgan fingerprint density at radius 1 is 0.917 bits per heavy atom. The third kappa shape index (κ3) is 4.02. The maximum absolute atomic E-state index is 12.2. The van der Waals surface area contributed by atoms with Crippen LogP contribution in [0.25, 0.3) is 0 Å². The molecule has 0 aliphatic heterocycles. The van der Waals surface area contributed by atoms with Gasteiger partial charge in [0.25, 0.3) is 10.0 Å². The minimum atomic E-state index is -3.54. The molecule has 1 heterocycles. The highest BCUT2D eigenvalue weighted by Crippen LogP contribution is 2.29. The van der Waals surface area contributed by atoms with Gasteiger partial charge in [-0.05, 0) is 53.9 Å². The van der Waals surface area contributed by atoms with Crippen molar-refractivity contribution in [2.75, 3.05) is 10.0 Å². The van der Waals surface area contributed by atoms with Crippen LogP contribution in [0.5, 0.6) is 0 Å².